The predicted octanol–water partition coefficient (Wildman–Crippen LogP) is 3.91. The quantitative estimate of drug-likeness (QED) is 0.755. The number of hydrogen-bond donors (Lipinski definition) is 1. The molecule has 2 amide bonds. The van der Waals surface area contributed by atoms with Gasteiger partial charge >= 0.3 is 0 Å². The van der Waals surface area contributed by atoms with Gasteiger partial charge in [-0.05, 0) is 55.8 Å². The fourth-order valence-electron chi connectivity index (χ4n) is 3.05. The molecule has 1 atom stereocenters. The first kappa shape index (κ1) is 19.4. The molecule has 2 aromatic rings. The van der Waals surface area contributed by atoms with Crippen LogP contribution >= 0.6 is 15.9 Å². The summed E-state index contributed by atoms with van der Waals surface area (Å²) in [6.07, 6.45) is 0.368. The predicted molar refractivity (Wildman–Crippen MR) is 109 cm³/mol. The molecule has 1 saturated heterocycles. The highest BCUT2D eigenvalue weighted by Gasteiger charge is 2.34. The Balaban J connectivity index is 1.54. The van der Waals surface area contributed by atoms with Crippen LogP contribution in [-0.2, 0) is 16.1 Å². The van der Waals surface area contributed by atoms with Crippen LogP contribution < -0.4 is 15.0 Å². The molecule has 0 aromatic heterocycles. The van der Waals surface area contributed by atoms with Gasteiger partial charge in [-0.2, -0.15) is 0 Å². The van der Waals surface area contributed by atoms with E-state index in [-0.39, 0.29) is 30.3 Å². The number of anilines is 1. The summed E-state index contributed by atoms with van der Waals surface area (Å²) in [7, 11) is 0. The van der Waals surface area contributed by atoms with Crippen molar-refractivity contribution >= 4 is 33.4 Å². The third kappa shape index (κ3) is 5.10. The zero-order chi connectivity index (χ0) is 19.4. The number of carbonyl (C=O) groups is 2. The van der Waals surface area contributed by atoms with E-state index in [2.05, 4.69) is 21.2 Å². The molecule has 0 spiro atoms. The van der Waals surface area contributed by atoms with Crippen LogP contribution in [0.15, 0.2) is 53.0 Å². The molecule has 3 rings (SSSR count). The van der Waals surface area contributed by atoms with Crippen molar-refractivity contribution in [1.82, 2.24) is 5.32 Å². The summed E-state index contributed by atoms with van der Waals surface area (Å²) in [5.74, 6) is 0.370. The SMILES string of the molecule is CC(C)Oc1ccc(CNC(=O)[C@H]2CC(=O)N(c3ccc(Br)cc3)C2)cc1. The minimum Gasteiger partial charge on any atom is -0.491 e. The summed E-state index contributed by atoms with van der Waals surface area (Å²) in [6, 6.07) is 15.2. The molecule has 5 nitrogen and oxygen atoms in total. The average molecular weight is 431 g/mol. The summed E-state index contributed by atoms with van der Waals surface area (Å²) >= 11 is 3.39. The lowest BCUT2D eigenvalue weighted by Gasteiger charge is -2.17. The van der Waals surface area contributed by atoms with Crippen molar-refractivity contribution in [3.05, 3.63) is 58.6 Å². The van der Waals surface area contributed by atoms with Gasteiger partial charge in [0.25, 0.3) is 0 Å². The Labute approximate surface area is 167 Å². The summed E-state index contributed by atoms with van der Waals surface area (Å²) in [5, 5.41) is 2.94. The fraction of sp³-hybridized carbons (Fsp3) is 0.333. The molecule has 1 N–H and O–H groups in total. The zero-order valence-electron chi connectivity index (χ0n) is 15.4. The standard InChI is InChI=1S/C21H23BrN2O3/c1-14(2)27-19-9-3-15(4-10-19)12-23-21(26)16-11-20(25)24(13-16)18-7-5-17(22)6-8-18/h3-10,14,16H,11-13H2,1-2H3,(H,23,26)/t16-/m0/s1. The molecule has 1 aliphatic rings. The summed E-state index contributed by atoms with van der Waals surface area (Å²) in [5.41, 5.74) is 1.81. The van der Waals surface area contributed by atoms with E-state index in [1.165, 1.54) is 0 Å². The van der Waals surface area contributed by atoms with E-state index in [0.29, 0.717) is 13.1 Å². The lowest BCUT2D eigenvalue weighted by atomic mass is 10.1. The van der Waals surface area contributed by atoms with Gasteiger partial charge in [0, 0.05) is 29.7 Å². The first-order valence-electron chi connectivity index (χ1n) is 9.01. The number of hydrogen-bond acceptors (Lipinski definition) is 3. The van der Waals surface area contributed by atoms with Gasteiger partial charge in [-0.3, -0.25) is 9.59 Å². The van der Waals surface area contributed by atoms with Gasteiger partial charge in [0.2, 0.25) is 11.8 Å². The monoisotopic (exact) mass is 430 g/mol. The number of rotatable bonds is 6. The Morgan fingerprint density at radius 3 is 2.48 bits per heavy atom. The third-order valence-corrected chi connectivity index (χ3v) is 4.92. The largest absolute Gasteiger partial charge is 0.491 e. The minimum atomic E-state index is -0.329. The molecule has 0 radical (unpaired) electrons. The highest BCUT2D eigenvalue weighted by Crippen LogP contribution is 2.26. The normalized spacial score (nSPS) is 16.7. The van der Waals surface area contributed by atoms with Crippen molar-refractivity contribution in [2.75, 3.05) is 11.4 Å². The second-order valence-electron chi connectivity index (χ2n) is 6.91. The molecular weight excluding hydrogens is 408 g/mol. The number of nitrogens with zero attached hydrogens (tertiary/aromatic N) is 1. The van der Waals surface area contributed by atoms with Crippen molar-refractivity contribution in [2.45, 2.75) is 32.9 Å². The van der Waals surface area contributed by atoms with E-state index >= 15 is 0 Å². The Morgan fingerprint density at radius 1 is 1.19 bits per heavy atom. The van der Waals surface area contributed by atoms with E-state index in [4.69, 9.17) is 4.74 Å². The van der Waals surface area contributed by atoms with Crippen LogP contribution in [0.3, 0.4) is 0 Å². The number of benzene rings is 2. The molecule has 1 heterocycles. The lowest BCUT2D eigenvalue weighted by molar-refractivity contribution is -0.126. The van der Waals surface area contributed by atoms with Crippen LogP contribution in [0.1, 0.15) is 25.8 Å². The number of halogens is 1. The molecule has 142 valence electrons. The lowest BCUT2D eigenvalue weighted by Crippen LogP contribution is -2.32. The smallest absolute Gasteiger partial charge is 0.227 e. The number of amides is 2. The van der Waals surface area contributed by atoms with Gasteiger partial charge in [0.15, 0.2) is 0 Å². The van der Waals surface area contributed by atoms with Gasteiger partial charge < -0.3 is 15.0 Å². The van der Waals surface area contributed by atoms with E-state index in [0.717, 1.165) is 21.5 Å². The molecule has 0 saturated carbocycles. The van der Waals surface area contributed by atoms with Gasteiger partial charge in [-0.25, -0.2) is 0 Å². The summed E-state index contributed by atoms with van der Waals surface area (Å²) in [4.78, 5) is 26.5. The summed E-state index contributed by atoms with van der Waals surface area (Å²) < 4.78 is 6.57. The van der Waals surface area contributed by atoms with Crippen LogP contribution in [0.4, 0.5) is 5.69 Å². The van der Waals surface area contributed by atoms with E-state index in [1.807, 2.05) is 62.4 Å². The number of ether oxygens (including phenoxy) is 1. The Morgan fingerprint density at radius 2 is 1.85 bits per heavy atom. The topological polar surface area (TPSA) is 58.6 Å². The Bertz CT molecular complexity index is 803. The van der Waals surface area contributed by atoms with Crippen LogP contribution in [-0.4, -0.2) is 24.5 Å². The molecule has 0 bridgehead atoms. The molecule has 2 aromatic carbocycles. The average Bonchev–Trinajstić information content (AvgIpc) is 3.03. The second kappa shape index (κ2) is 8.57. The Hall–Kier alpha value is -2.34. The second-order valence-corrected chi connectivity index (χ2v) is 7.83. The van der Waals surface area contributed by atoms with Gasteiger partial charge in [-0.15, -0.1) is 0 Å². The highest BCUT2D eigenvalue weighted by atomic mass is 79.9. The van der Waals surface area contributed by atoms with Gasteiger partial charge in [0.05, 0.1) is 12.0 Å². The van der Waals surface area contributed by atoms with Crippen molar-refractivity contribution in [1.29, 1.82) is 0 Å². The highest BCUT2D eigenvalue weighted by molar-refractivity contribution is 9.10. The minimum absolute atomic E-state index is 0.0207. The van der Waals surface area contributed by atoms with Crippen molar-refractivity contribution in [3.63, 3.8) is 0 Å². The molecule has 1 aliphatic heterocycles. The van der Waals surface area contributed by atoms with Crippen molar-refractivity contribution in [2.24, 2.45) is 5.92 Å². The zero-order valence-corrected chi connectivity index (χ0v) is 17.0. The van der Waals surface area contributed by atoms with Crippen LogP contribution in [0.5, 0.6) is 5.75 Å². The van der Waals surface area contributed by atoms with Crippen LogP contribution in [0.25, 0.3) is 0 Å². The Kier molecular flexibility index (Phi) is 6.16. The van der Waals surface area contributed by atoms with E-state index < -0.39 is 0 Å². The molecule has 27 heavy (non-hydrogen) atoms. The molecule has 0 aliphatic carbocycles. The van der Waals surface area contributed by atoms with Gasteiger partial charge in [0.1, 0.15) is 5.75 Å². The number of nitrogens with one attached hydrogen (secondary N) is 1. The molecular formula is C21H23BrN2O3. The van der Waals surface area contributed by atoms with Crippen LogP contribution in [0, 0.1) is 5.92 Å². The van der Waals surface area contributed by atoms with Crippen molar-refractivity contribution < 1.29 is 14.3 Å². The number of carbonyl (C=O) groups excluding carboxylic acids is 2. The first-order chi connectivity index (χ1) is 12.9. The van der Waals surface area contributed by atoms with Crippen molar-refractivity contribution in [3.8, 4) is 5.75 Å². The molecule has 1 fully saturated rings. The maximum atomic E-state index is 12.5. The maximum absolute atomic E-state index is 12.5. The molecule has 6 heteroatoms. The van der Waals surface area contributed by atoms with Gasteiger partial charge in [-0.1, -0.05) is 28.1 Å². The molecule has 0 unspecified atom stereocenters. The van der Waals surface area contributed by atoms with E-state index in [1.54, 1.807) is 4.90 Å². The fourth-order valence-corrected chi connectivity index (χ4v) is 3.31. The van der Waals surface area contributed by atoms with Crippen LogP contribution in [0.2, 0.25) is 0 Å². The third-order valence-electron chi connectivity index (χ3n) is 4.40. The first-order valence-corrected chi connectivity index (χ1v) is 9.81. The van der Waals surface area contributed by atoms with E-state index in [9.17, 15) is 9.59 Å². The maximum Gasteiger partial charge on any atom is 0.227 e. The summed E-state index contributed by atoms with van der Waals surface area (Å²) in [6.45, 7) is 4.81.